The Bertz CT molecular complexity index is 624. The van der Waals surface area contributed by atoms with E-state index in [2.05, 4.69) is 39.9 Å². The molecule has 126 valence electrons. The van der Waals surface area contributed by atoms with Crippen LogP contribution in [0.3, 0.4) is 0 Å². The van der Waals surface area contributed by atoms with Gasteiger partial charge < -0.3 is 14.5 Å². The van der Waals surface area contributed by atoms with Crippen molar-refractivity contribution >= 4 is 27.7 Å². The monoisotopic (exact) mass is 380 g/mol. The van der Waals surface area contributed by atoms with Crippen LogP contribution in [-0.2, 0) is 11.2 Å². The second-order valence-corrected chi connectivity index (χ2v) is 8.22. The van der Waals surface area contributed by atoms with Crippen LogP contribution in [0.4, 0.5) is 10.5 Å². The van der Waals surface area contributed by atoms with E-state index in [1.165, 1.54) is 16.8 Å². The van der Waals surface area contributed by atoms with Crippen molar-refractivity contribution in [2.45, 2.75) is 45.6 Å². The molecule has 23 heavy (non-hydrogen) atoms. The zero-order chi connectivity index (χ0) is 16.8. The lowest BCUT2D eigenvalue weighted by Crippen LogP contribution is -2.40. The van der Waals surface area contributed by atoms with Gasteiger partial charge in [0.2, 0.25) is 0 Å². The second-order valence-electron chi connectivity index (χ2n) is 7.37. The minimum atomic E-state index is -0.451. The Labute approximate surface area is 146 Å². The van der Waals surface area contributed by atoms with E-state index in [1.54, 1.807) is 0 Å². The minimum Gasteiger partial charge on any atom is -0.444 e. The molecule has 1 atom stereocenters. The molecule has 1 aromatic rings. The summed E-state index contributed by atoms with van der Waals surface area (Å²) in [6.07, 6.45) is 0.676. The highest BCUT2D eigenvalue weighted by atomic mass is 79.9. The fraction of sp³-hybridized carbons (Fsp3) is 0.611. The molecular weight excluding hydrogens is 356 g/mol. The van der Waals surface area contributed by atoms with E-state index in [-0.39, 0.29) is 6.09 Å². The molecule has 1 aromatic carbocycles. The Kier molecular flexibility index (Phi) is 4.34. The van der Waals surface area contributed by atoms with Gasteiger partial charge in [0.25, 0.3) is 0 Å². The number of likely N-dealkylation sites (N-methyl/N-ethyl adjacent to an activating group) is 1. The molecule has 0 fully saturated rings. The van der Waals surface area contributed by atoms with Crippen LogP contribution in [0, 0.1) is 0 Å². The topological polar surface area (TPSA) is 32.8 Å². The van der Waals surface area contributed by atoms with E-state index >= 15 is 0 Å². The summed E-state index contributed by atoms with van der Waals surface area (Å²) in [6.45, 7) is 11.4. The largest absolute Gasteiger partial charge is 0.444 e. The van der Waals surface area contributed by atoms with Crippen molar-refractivity contribution < 1.29 is 9.53 Å². The third kappa shape index (κ3) is 3.21. The Balaban J connectivity index is 1.89. The summed E-state index contributed by atoms with van der Waals surface area (Å²) in [6, 6.07) is 4.35. The van der Waals surface area contributed by atoms with Crippen LogP contribution >= 0.6 is 15.9 Å². The molecule has 5 heteroatoms. The van der Waals surface area contributed by atoms with Crippen LogP contribution in [0.5, 0.6) is 0 Å². The molecule has 0 radical (unpaired) electrons. The molecule has 2 aliphatic heterocycles. The van der Waals surface area contributed by atoms with E-state index in [4.69, 9.17) is 4.74 Å². The average molecular weight is 381 g/mol. The van der Waals surface area contributed by atoms with Crippen molar-refractivity contribution in [3.63, 3.8) is 0 Å². The second kappa shape index (κ2) is 6.00. The van der Waals surface area contributed by atoms with Crippen molar-refractivity contribution in [3.05, 3.63) is 27.7 Å². The molecule has 0 saturated heterocycles. The first-order chi connectivity index (χ1) is 10.8. The lowest BCUT2D eigenvalue weighted by atomic mass is 9.95. The van der Waals surface area contributed by atoms with Crippen LogP contribution in [0.25, 0.3) is 0 Å². The standard InChI is InChI=1S/C18H25BrN2O2/c1-5-20-10-12-11-21(17(22)23-18(2,3)4)9-8-13-14(19)6-7-15(20)16(12)13/h6-7,12H,5,8-11H2,1-4H3/t12-/m1/s1. The van der Waals surface area contributed by atoms with Gasteiger partial charge >= 0.3 is 6.09 Å². The predicted octanol–water partition coefficient (Wildman–Crippen LogP) is 4.17. The maximum absolute atomic E-state index is 12.5. The van der Waals surface area contributed by atoms with Crippen molar-refractivity contribution in [1.82, 2.24) is 4.90 Å². The quantitative estimate of drug-likeness (QED) is 0.732. The highest BCUT2D eigenvalue weighted by Crippen LogP contribution is 2.43. The fourth-order valence-electron chi connectivity index (χ4n) is 3.61. The van der Waals surface area contributed by atoms with E-state index in [1.807, 2.05) is 25.7 Å². The number of halogens is 1. The highest BCUT2D eigenvalue weighted by molar-refractivity contribution is 9.10. The number of hydrogen-bond donors (Lipinski definition) is 0. The summed E-state index contributed by atoms with van der Waals surface area (Å²) >= 11 is 3.70. The summed E-state index contributed by atoms with van der Waals surface area (Å²) in [4.78, 5) is 16.8. The van der Waals surface area contributed by atoms with E-state index in [0.29, 0.717) is 12.5 Å². The van der Waals surface area contributed by atoms with E-state index in [9.17, 15) is 4.79 Å². The Morgan fingerprint density at radius 3 is 2.74 bits per heavy atom. The molecule has 0 bridgehead atoms. The van der Waals surface area contributed by atoms with Crippen LogP contribution < -0.4 is 4.90 Å². The number of carbonyl (C=O) groups is 1. The van der Waals surface area contributed by atoms with Crippen molar-refractivity contribution in [2.75, 3.05) is 31.1 Å². The van der Waals surface area contributed by atoms with Gasteiger partial charge in [-0.05, 0) is 57.4 Å². The summed E-state index contributed by atoms with van der Waals surface area (Å²) in [5, 5.41) is 0. The molecule has 2 aliphatic rings. The molecule has 4 nitrogen and oxygen atoms in total. The molecule has 1 amide bonds. The van der Waals surface area contributed by atoms with Gasteiger partial charge in [0.05, 0.1) is 0 Å². The zero-order valence-corrected chi connectivity index (χ0v) is 15.9. The molecule has 0 aromatic heterocycles. The average Bonchev–Trinajstić information content (AvgIpc) is 2.68. The van der Waals surface area contributed by atoms with Gasteiger partial charge in [-0.3, -0.25) is 0 Å². The third-order valence-electron chi connectivity index (χ3n) is 4.57. The van der Waals surface area contributed by atoms with Gasteiger partial charge in [-0.25, -0.2) is 4.79 Å². The summed E-state index contributed by atoms with van der Waals surface area (Å²) in [5.41, 5.74) is 3.66. The van der Waals surface area contributed by atoms with Crippen molar-refractivity contribution in [2.24, 2.45) is 0 Å². The van der Waals surface area contributed by atoms with Crippen LogP contribution in [-0.4, -0.2) is 42.8 Å². The van der Waals surface area contributed by atoms with E-state index < -0.39 is 5.60 Å². The molecule has 3 rings (SSSR count). The summed E-state index contributed by atoms with van der Waals surface area (Å²) in [5.74, 6) is 0.368. The van der Waals surface area contributed by atoms with Crippen LogP contribution in [0.2, 0.25) is 0 Å². The first-order valence-corrected chi connectivity index (χ1v) is 9.13. The lowest BCUT2D eigenvalue weighted by Gasteiger charge is -2.28. The third-order valence-corrected chi connectivity index (χ3v) is 5.32. The highest BCUT2D eigenvalue weighted by Gasteiger charge is 2.36. The smallest absolute Gasteiger partial charge is 0.410 e. The lowest BCUT2D eigenvalue weighted by molar-refractivity contribution is 0.0248. The van der Waals surface area contributed by atoms with Gasteiger partial charge in [-0.15, -0.1) is 0 Å². The van der Waals surface area contributed by atoms with Gasteiger partial charge in [-0.1, -0.05) is 15.9 Å². The zero-order valence-electron chi connectivity index (χ0n) is 14.4. The number of benzene rings is 1. The van der Waals surface area contributed by atoms with Crippen molar-refractivity contribution in [1.29, 1.82) is 0 Å². The van der Waals surface area contributed by atoms with Gasteiger partial charge in [-0.2, -0.15) is 0 Å². The van der Waals surface area contributed by atoms with Gasteiger partial charge in [0.15, 0.2) is 0 Å². The first-order valence-electron chi connectivity index (χ1n) is 8.34. The summed E-state index contributed by atoms with van der Waals surface area (Å²) in [7, 11) is 0. The Hall–Kier alpha value is -1.23. The molecule has 2 heterocycles. The number of hydrogen-bond acceptors (Lipinski definition) is 3. The van der Waals surface area contributed by atoms with Crippen molar-refractivity contribution in [3.8, 4) is 0 Å². The number of nitrogens with zero attached hydrogens (tertiary/aromatic N) is 2. The molecule has 0 N–H and O–H groups in total. The predicted molar refractivity (Wildman–Crippen MR) is 96.3 cm³/mol. The molecule has 0 spiro atoms. The fourth-order valence-corrected chi connectivity index (χ4v) is 4.16. The summed E-state index contributed by atoms with van der Waals surface area (Å²) < 4.78 is 6.74. The molecule has 0 unspecified atom stereocenters. The SMILES string of the molecule is CCN1C[C@@H]2CN(C(=O)OC(C)(C)C)CCc3c(Br)ccc1c32. The number of rotatable bonds is 1. The number of carbonyl (C=O) groups excluding carboxylic acids is 1. The number of ether oxygens (including phenoxy) is 1. The van der Waals surface area contributed by atoms with Gasteiger partial charge in [0.1, 0.15) is 5.60 Å². The number of amides is 1. The number of anilines is 1. The normalized spacial score (nSPS) is 20.3. The van der Waals surface area contributed by atoms with E-state index in [0.717, 1.165) is 30.5 Å². The minimum absolute atomic E-state index is 0.196. The van der Waals surface area contributed by atoms with Crippen LogP contribution in [0.15, 0.2) is 16.6 Å². The maximum Gasteiger partial charge on any atom is 0.410 e. The molecule has 0 saturated carbocycles. The first kappa shape index (κ1) is 16.6. The van der Waals surface area contributed by atoms with Crippen LogP contribution in [0.1, 0.15) is 44.7 Å². The van der Waals surface area contributed by atoms with Gasteiger partial charge in [0, 0.05) is 42.3 Å². The maximum atomic E-state index is 12.5. The molecule has 0 aliphatic carbocycles. The Morgan fingerprint density at radius 2 is 2.09 bits per heavy atom. The molecular formula is C18H25BrN2O2. The Morgan fingerprint density at radius 1 is 1.35 bits per heavy atom.